The number of hydrogen-bond donors (Lipinski definition) is 0. The zero-order valence-corrected chi connectivity index (χ0v) is 12.6. The summed E-state index contributed by atoms with van der Waals surface area (Å²) >= 11 is 0. The molecule has 1 aliphatic carbocycles. The Hall–Kier alpha value is -1.06. The highest BCUT2D eigenvalue weighted by Crippen LogP contribution is 2.30. The third-order valence-electron chi connectivity index (χ3n) is 3.89. The van der Waals surface area contributed by atoms with Crippen molar-refractivity contribution in [2.24, 2.45) is 5.92 Å². The Morgan fingerprint density at radius 1 is 1.21 bits per heavy atom. The molecule has 19 heavy (non-hydrogen) atoms. The molecular weight excluding hydrogens is 242 g/mol. The highest BCUT2D eigenvalue weighted by atomic mass is 16.5. The fourth-order valence-electron chi connectivity index (χ4n) is 3.13. The first-order chi connectivity index (χ1) is 8.95. The molecule has 1 saturated carbocycles. The van der Waals surface area contributed by atoms with Crippen molar-refractivity contribution < 1.29 is 14.3 Å². The fraction of sp³-hybridized carbons (Fsp3) is 0.867. The van der Waals surface area contributed by atoms with Gasteiger partial charge in [0.1, 0.15) is 0 Å². The number of carbonyl (C=O) groups excluding carboxylic acids is 2. The highest BCUT2D eigenvalue weighted by molar-refractivity contribution is 5.74. The molecule has 0 unspecified atom stereocenters. The molecule has 0 atom stereocenters. The van der Waals surface area contributed by atoms with Gasteiger partial charge >= 0.3 is 5.97 Å². The molecule has 0 aromatic rings. The normalized spacial score (nSPS) is 23.2. The van der Waals surface area contributed by atoms with E-state index in [4.69, 9.17) is 4.74 Å². The summed E-state index contributed by atoms with van der Waals surface area (Å²) in [5.41, 5.74) is 0. The molecule has 0 heterocycles. The van der Waals surface area contributed by atoms with Crippen molar-refractivity contribution in [1.29, 1.82) is 0 Å². The second-order valence-electron chi connectivity index (χ2n) is 5.70. The van der Waals surface area contributed by atoms with Gasteiger partial charge in [-0.3, -0.25) is 9.59 Å². The first-order valence-corrected chi connectivity index (χ1v) is 7.40. The van der Waals surface area contributed by atoms with E-state index in [1.807, 2.05) is 11.8 Å². The Labute approximate surface area is 116 Å². The lowest BCUT2D eigenvalue weighted by Gasteiger charge is -2.38. The number of amides is 1. The molecule has 1 rings (SSSR count). The lowest BCUT2D eigenvalue weighted by atomic mass is 9.83. The number of rotatable bonds is 5. The third-order valence-corrected chi connectivity index (χ3v) is 3.89. The molecule has 4 heteroatoms. The molecule has 0 bridgehead atoms. The minimum atomic E-state index is -0.0850. The Morgan fingerprint density at radius 2 is 1.79 bits per heavy atom. The van der Waals surface area contributed by atoms with Crippen molar-refractivity contribution in [3.05, 3.63) is 0 Å². The third kappa shape index (κ3) is 4.84. The molecule has 110 valence electrons. The molecule has 0 aromatic heterocycles. The van der Waals surface area contributed by atoms with Crippen LogP contribution in [0.15, 0.2) is 0 Å². The van der Waals surface area contributed by atoms with E-state index in [9.17, 15) is 9.59 Å². The van der Waals surface area contributed by atoms with Crippen molar-refractivity contribution in [2.45, 2.75) is 71.9 Å². The minimum absolute atomic E-state index is 0.0850. The van der Waals surface area contributed by atoms with Crippen molar-refractivity contribution in [2.75, 3.05) is 6.61 Å². The SMILES string of the molecule is CCOC(=O)C[C@H]1CC[C@H](N(C(C)=O)C(C)C)CC1. The van der Waals surface area contributed by atoms with Crippen molar-refractivity contribution >= 4 is 11.9 Å². The van der Waals surface area contributed by atoms with E-state index in [-0.39, 0.29) is 17.9 Å². The Bertz CT molecular complexity index is 307. The van der Waals surface area contributed by atoms with Gasteiger partial charge < -0.3 is 9.64 Å². The number of ether oxygens (including phenoxy) is 1. The maximum atomic E-state index is 11.7. The lowest BCUT2D eigenvalue weighted by Crippen LogP contribution is -2.45. The Kier molecular flexibility index (Phi) is 6.32. The van der Waals surface area contributed by atoms with Crippen LogP contribution < -0.4 is 0 Å². The zero-order chi connectivity index (χ0) is 14.4. The summed E-state index contributed by atoms with van der Waals surface area (Å²) in [4.78, 5) is 25.1. The fourth-order valence-corrected chi connectivity index (χ4v) is 3.13. The van der Waals surface area contributed by atoms with Gasteiger partial charge in [-0.2, -0.15) is 0 Å². The molecule has 1 fully saturated rings. The first kappa shape index (κ1) is 16.0. The van der Waals surface area contributed by atoms with Crippen LogP contribution in [0.4, 0.5) is 0 Å². The molecule has 0 aromatic carbocycles. The molecule has 4 nitrogen and oxygen atoms in total. The average Bonchev–Trinajstić information content (AvgIpc) is 2.31. The van der Waals surface area contributed by atoms with Gasteiger partial charge in [-0.25, -0.2) is 0 Å². The van der Waals surface area contributed by atoms with Crippen LogP contribution in [0.5, 0.6) is 0 Å². The van der Waals surface area contributed by atoms with E-state index < -0.39 is 0 Å². The number of esters is 1. The molecule has 0 saturated heterocycles. The van der Waals surface area contributed by atoms with Gasteiger partial charge in [0.05, 0.1) is 6.61 Å². The van der Waals surface area contributed by atoms with Gasteiger partial charge in [0.25, 0.3) is 0 Å². The maximum absolute atomic E-state index is 11.7. The molecule has 0 aliphatic heterocycles. The van der Waals surface area contributed by atoms with Gasteiger partial charge in [-0.1, -0.05) is 0 Å². The van der Waals surface area contributed by atoms with Gasteiger partial charge in [-0.05, 0) is 52.4 Å². The molecule has 0 N–H and O–H groups in total. The standard InChI is InChI=1S/C15H27NO3/c1-5-19-15(18)10-13-6-8-14(9-7-13)16(11(2)3)12(4)17/h11,13-14H,5-10H2,1-4H3/t13-,14-. The Morgan fingerprint density at radius 3 is 2.21 bits per heavy atom. The maximum Gasteiger partial charge on any atom is 0.306 e. The molecule has 0 spiro atoms. The van der Waals surface area contributed by atoms with Crippen LogP contribution in [0.3, 0.4) is 0 Å². The largest absolute Gasteiger partial charge is 0.466 e. The summed E-state index contributed by atoms with van der Waals surface area (Å²) in [5, 5.41) is 0. The molecule has 1 aliphatic rings. The quantitative estimate of drug-likeness (QED) is 0.721. The number of nitrogens with zero attached hydrogens (tertiary/aromatic N) is 1. The monoisotopic (exact) mass is 269 g/mol. The van der Waals surface area contributed by atoms with Crippen molar-refractivity contribution in [1.82, 2.24) is 4.90 Å². The minimum Gasteiger partial charge on any atom is -0.466 e. The first-order valence-electron chi connectivity index (χ1n) is 7.40. The van der Waals surface area contributed by atoms with Crippen molar-refractivity contribution in [3.63, 3.8) is 0 Å². The summed E-state index contributed by atoms with van der Waals surface area (Å²) < 4.78 is 4.99. The van der Waals surface area contributed by atoms with Gasteiger partial charge in [0.15, 0.2) is 0 Å². The second kappa shape index (κ2) is 7.51. The molecule has 1 amide bonds. The van der Waals surface area contributed by atoms with Gasteiger partial charge in [-0.15, -0.1) is 0 Å². The zero-order valence-electron chi connectivity index (χ0n) is 12.6. The lowest BCUT2D eigenvalue weighted by molar-refractivity contribution is -0.145. The summed E-state index contributed by atoms with van der Waals surface area (Å²) in [6.45, 7) is 8.06. The summed E-state index contributed by atoms with van der Waals surface area (Å²) in [5.74, 6) is 0.498. The predicted molar refractivity (Wildman–Crippen MR) is 74.7 cm³/mol. The predicted octanol–water partition coefficient (Wildman–Crippen LogP) is 2.76. The van der Waals surface area contributed by atoms with Crippen LogP contribution in [-0.4, -0.2) is 35.5 Å². The van der Waals surface area contributed by atoms with Crippen LogP contribution in [0.25, 0.3) is 0 Å². The van der Waals surface area contributed by atoms with Crippen LogP contribution in [0, 0.1) is 5.92 Å². The topological polar surface area (TPSA) is 46.6 Å². The highest BCUT2D eigenvalue weighted by Gasteiger charge is 2.29. The van der Waals surface area contributed by atoms with Crippen LogP contribution >= 0.6 is 0 Å². The average molecular weight is 269 g/mol. The van der Waals surface area contributed by atoms with E-state index in [1.165, 1.54) is 0 Å². The summed E-state index contributed by atoms with van der Waals surface area (Å²) in [7, 11) is 0. The van der Waals surface area contributed by atoms with Gasteiger partial charge in [0, 0.05) is 25.4 Å². The molecular formula is C15H27NO3. The van der Waals surface area contributed by atoms with Crippen LogP contribution in [0.1, 0.15) is 59.8 Å². The van der Waals surface area contributed by atoms with Crippen LogP contribution in [-0.2, 0) is 14.3 Å². The van der Waals surface area contributed by atoms with Crippen LogP contribution in [0.2, 0.25) is 0 Å². The van der Waals surface area contributed by atoms with E-state index in [0.29, 0.717) is 25.0 Å². The number of hydrogen-bond acceptors (Lipinski definition) is 3. The van der Waals surface area contributed by atoms with E-state index >= 15 is 0 Å². The second-order valence-corrected chi connectivity index (χ2v) is 5.70. The van der Waals surface area contributed by atoms with E-state index in [1.54, 1.807) is 6.92 Å². The van der Waals surface area contributed by atoms with E-state index in [2.05, 4.69) is 13.8 Å². The number of carbonyl (C=O) groups is 2. The Balaban J connectivity index is 2.43. The molecule has 0 radical (unpaired) electrons. The summed E-state index contributed by atoms with van der Waals surface area (Å²) in [6, 6.07) is 0.597. The van der Waals surface area contributed by atoms with Gasteiger partial charge in [0.2, 0.25) is 5.91 Å². The smallest absolute Gasteiger partial charge is 0.306 e. The van der Waals surface area contributed by atoms with E-state index in [0.717, 1.165) is 25.7 Å². The summed E-state index contributed by atoms with van der Waals surface area (Å²) in [6.07, 6.45) is 4.56. The van der Waals surface area contributed by atoms with Crippen molar-refractivity contribution in [3.8, 4) is 0 Å².